The zero-order chi connectivity index (χ0) is 24.7. The molecule has 1 aromatic heterocycles. The summed E-state index contributed by atoms with van der Waals surface area (Å²) in [7, 11) is 0. The molecule has 0 unspecified atom stereocenters. The number of imide groups is 1. The minimum atomic E-state index is -4.53. The molecule has 0 bridgehead atoms. The second-order valence-electron chi connectivity index (χ2n) is 8.86. The number of hydrogen-bond acceptors (Lipinski definition) is 4. The number of fused-ring (bicyclic) bond motifs is 1. The summed E-state index contributed by atoms with van der Waals surface area (Å²) >= 11 is 6.72. The Morgan fingerprint density at radius 2 is 1.89 bits per heavy atom. The maximum absolute atomic E-state index is 13.5. The number of aromatic nitrogens is 2. The normalized spacial score (nSPS) is 18.5. The molecule has 35 heavy (non-hydrogen) atoms. The minimum Gasteiger partial charge on any atom is -0.268 e. The summed E-state index contributed by atoms with van der Waals surface area (Å²) in [5.41, 5.74) is 0.635. The second kappa shape index (κ2) is 9.35. The molecule has 2 fully saturated rings. The van der Waals surface area contributed by atoms with E-state index in [0.717, 1.165) is 43.5 Å². The lowest BCUT2D eigenvalue weighted by Gasteiger charge is -2.16. The van der Waals surface area contributed by atoms with Gasteiger partial charge in [-0.25, -0.2) is 0 Å². The molecule has 3 aromatic rings. The Kier molecular flexibility index (Phi) is 6.40. The van der Waals surface area contributed by atoms with Crippen molar-refractivity contribution in [3.63, 3.8) is 0 Å². The summed E-state index contributed by atoms with van der Waals surface area (Å²) in [4.78, 5) is 26.9. The molecule has 0 atom stereocenters. The first-order chi connectivity index (χ1) is 16.7. The predicted octanol–water partition coefficient (Wildman–Crippen LogP) is 6.98. The third-order valence-electron chi connectivity index (χ3n) is 6.45. The highest BCUT2D eigenvalue weighted by atomic mass is 35.5. The highest BCUT2D eigenvalue weighted by molar-refractivity contribution is 8.18. The highest BCUT2D eigenvalue weighted by Crippen LogP contribution is 2.36. The summed E-state index contributed by atoms with van der Waals surface area (Å²) in [5, 5.41) is 4.75. The predicted molar refractivity (Wildman–Crippen MR) is 130 cm³/mol. The largest absolute Gasteiger partial charge is 0.416 e. The van der Waals surface area contributed by atoms with Gasteiger partial charge in [-0.2, -0.15) is 18.3 Å². The van der Waals surface area contributed by atoms with E-state index in [4.69, 9.17) is 11.6 Å². The van der Waals surface area contributed by atoms with Gasteiger partial charge in [0, 0.05) is 17.0 Å². The van der Waals surface area contributed by atoms with Gasteiger partial charge < -0.3 is 0 Å². The highest BCUT2D eigenvalue weighted by Gasteiger charge is 2.37. The van der Waals surface area contributed by atoms with Crippen molar-refractivity contribution < 1.29 is 22.8 Å². The second-order valence-corrected chi connectivity index (χ2v) is 10.3. The molecule has 2 amide bonds. The van der Waals surface area contributed by atoms with Gasteiger partial charge in [0.15, 0.2) is 0 Å². The van der Waals surface area contributed by atoms with Crippen molar-refractivity contribution in [2.75, 3.05) is 6.54 Å². The molecule has 0 radical (unpaired) electrons. The van der Waals surface area contributed by atoms with Crippen LogP contribution in [0.25, 0.3) is 17.0 Å². The number of thioether (sulfide) groups is 1. The number of benzene rings is 2. The Morgan fingerprint density at radius 1 is 1.11 bits per heavy atom. The molecule has 5 rings (SSSR count). The molecular formula is C25H21ClF3N3O2S. The quantitative estimate of drug-likeness (QED) is 0.341. The van der Waals surface area contributed by atoms with Gasteiger partial charge in [-0.1, -0.05) is 36.6 Å². The number of amides is 2. The summed E-state index contributed by atoms with van der Waals surface area (Å²) < 4.78 is 41.9. The Morgan fingerprint density at radius 3 is 2.63 bits per heavy atom. The first-order valence-corrected chi connectivity index (χ1v) is 12.4. The van der Waals surface area contributed by atoms with Gasteiger partial charge in [-0.3, -0.25) is 19.2 Å². The van der Waals surface area contributed by atoms with E-state index in [1.165, 1.54) is 21.7 Å². The van der Waals surface area contributed by atoms with Crippen LogP contribution in [0.2, 0.25) is 5.02 Å². The van der Waals surface area contributed by atoms with Crippen LogP contribution in [0.1, 0.15) is 42.4 Å². The average molecular weight is 520 g/mol. The van der Waals surface area contributed by atoms with Gasteiger partial charge in [-0.05, 0) is 72.0 Å². The lowest BCUT2D eigenvalue weighted by molar-refractivity contribution is -0.138. The summed E-state index contributed by atoms with van der Waals surface area (Å²) in [6, 6.07) is 9.01. The van der Waals surface area contributed by atoms with Crippen molar-refractivity contribution in [1.29, 1.82) is 0 Å². The van der Waals surface area contributed by atoms with E-state index in [9.17, 15) is 22.8 Å². The SMILES string of the molecule is O=C1S/C(=C\c2ccc3c(cnn3Cc3ccc(Cl)cc3C(F)(F)F)c2)C(=O)N1CC1CCCC1. The molecule has 1 saturated heterocycles. The Labute approximate surface area is 208 Å². The van der Waals surface area contributed by atoms with Gasteiger partial charge in [0.25, 0.3) is 11.1 Å². The van der Waals surface area contributed by atoms with Crippen molar-refractivity contribution in [2.24, 2.45) is 5.92 Å². The Balaban J connectivity index is 1.37. The number of carbonyl (C=O) groups excluding carboxylic acids is 2. The fourth-order valence-corrected chi connectivity index (χ4v) is 5.71. The van der Waals surface area contributed by atoms with Crippen LogP contribution in [0.3, 0.4) is 0 Å². The van der Waals surface area contributed by atoms with Gasteiger partial charge in [0.1, 0.15) is 0 Å². The number of hydrogen-bond donors (Lipinski definition) is 0. The molecule has 5 nitrogen and oxygen atoms in total. The molecule has 2 heterocycles. The van der Waals surface area contributed by atoms with Crippen molar-refractivity contribution in [3.05, 3.63) is 69.2 Å². The lowest BCUT2D eigenvalue weighted by Crippen LogP contribution is -2.32. The number of nitrogens with zero attached hydrogens (tertiary/aromatic N) is 3. The van der Waals surface area contributed by atoms with E-state index in [2.05, 4.69) is 5.10 Å². The smallest absolute Gasteiger partial charge is 0.268 e. The topological polar surface area (TPSA) is 55.2 Å². The fourth-order valence-electron chi connectivity index (χ4n) is 4.69. The zero-order valence-corrected chi connectivity index (χ0v) is 20.1. The van der Waals surface area contributed by atoms with E-state index in [0.29, 0.717) is 33.8 Å². The van der Waals surface area contributed by atoms with Crippen LogP contribution < -0.4 is 0 Å². The molecule has 0 N–H and O–H groups in total. The van der Waals surface area contributed by atoms with Crippen LogP contribution in [0.15, 0.2) is 47.5 Å². The number of rotatable bonds is 5. The van der Waals surface area contributed by atoms with E-state index in [1.54, 1.807) is 30.5 Å². The summed E-state index contributed by atoms with van der Waals surface area (Å²) in [6.07, 6.45) is 3.08. The molecule has 10 heteroatoms. The Hall–Kier alpha value is -2.78. The first kappa shape index (κ1) is 23.9. The van der Waals surface area contributed by atoms with Gasteiger partial charge >= 0.3 is 6.18 Å². The zero-order valence-electron chi connectivity index (χ0n) is 18.5. The number of halogens is 4. The molecule has 1 aliphatic carbocycles. The van der Waals surface area contributed by atoms with E-state index >= 15 is 0 Å². The maximum atomic E-state index is 13.5. The number of alkyl halides is 3. The van der Waals surface area contributed by atoms with Crippen LogP contribution in [0.5, 0.6) is 0 Å². The standard InChI is InChI=1S/C25H21ClF3N3O2S/c26-19-7-6-17(20(11-19)25(27,28)29)14-32-21-8-5-16(9-18(21)12-30-32)10-22-23(33)31(24(34)35-22)13-15-3-1-2-4-15/h5-12,15H,1-4,13-14H2/b22-10-. The lowest BCUT2D eigenvalue weighted by atomic mass is 10.1. The third-order valence-corrected chi connectivity index (χ3v) is 7.59. The number of carbonyl (C=O) groups is 2. The van der Waals surface area contributed by atoms with Crippen LogP contribution in [-0.2, 0) is 17.5 Å². The molecule has 2 aromatic carbocycles. The molecule has 2 aliphatic rings. The summed E-state index contributed by atoms with van der Waals surface area (Å²) in [6.45, 7) is 0.396. The average Bonchev–Trinajstić information content (AvgIpc) is 3.52. The van der Waals surface area contributed by atoms with Crippen LogP contribution in [0.4, 0.5) is 18.0 Å². The fraction of sp³-hybridized carbons (Fsp3) is 0.320. The van der Waals surface area contributed by atoms with E-state index in [-0.39, 0.29) is 28.3 Å². The maximum Gasteiger partial charge on any atom is 0.416 e. The van der Waals surface area contributed by atoms with Crippen LogP contribution in [-0.4, -0.2) is 32.4 Å². The van der Waals surface area contributed by atoms with E-state index < -0.39 is 11.7 Å². The van der Waals surface area contributed by atoms with Gasteiger partial charge in [-0.15, -0.1) is 0 Å². The van der Waals surface area contributed by atoms with Crippen molar-refractivity contribution in [1.82, 2.24) is 14.7 Å². The molecule has 1 aliphatic heterocycles. The third kappa shape index (κ3) is 4.97. The monoisotopic (exact) mass is 519 g/mol. The Bertz CT molecular complexity index is 1350. The first-order valence-electron chi connectivity index (χ1n) is 11.3. The van der Waals surface area contributed by atoms with Gasteiger partial charge in [0.2, 0.25) is 0 Å². The van der Waals surface area contributed by atoms with Crippen molar-refractivity contribution in [3.8, 4) is 0 Å². The molecular weight excluding hydrogens is 499 g/mol. The summed E-state index contributed by atoms with van der Waals surface area (Å²) in [5.74, 6) is 0.105. The minimum absolute atomic E-state index is 0.0173. The van der Waals surface area contributed by atoms with Gasteiger partial charge in [0.05, 0.1) is 28.7 Å². The van der Waals surface area contributed by atoms with E-state index in [1.807, 2.05) is 0 Å². The molecule has 182 valence electrons. The van der Waals surface area contributed by atoms with Crippen LogP contribution >= 0.6 is 23.4 Å². The van der Waals surface area contributed by atoms with Crippen molar-refractivity contribution >= 4 is 51.5 Å². The molecule has 0 spiro atoms. The van der Waals surface area contributed by atoms with Crippen LogP contribution in [0, 0.1) is 5.92 Å². The van der Waals surface area contributed by atoms with Crippen molar-refractivity contribution in [2.45, 2.75) is 38.4 Å². The molecule has 1 saturated carbocycles.